The number of halogens is 2. The molecule has 1 aliphatic rings. The van der Waals surface area contributed by atoms with Crippen LogP contribution in [0.5, 0.6) is 0 Å². The third-order valence-electron chi connectivity index (χ3n) is 3.33. The normalized spacial score (nSPS) is 15.2. The molecule has 0 radical (unpaired) electrons. The molecule has 0 amide bonds. The topological polar surface area (TPSA) is 27.0 Å². The van der Waals surface area contributed by atoms with Crippen molar-refractivity contribution in [1.82, 2.24) is 4.31 Å². The number of nitriles is 1. The number of nitrogens with zero attached hydrogens (tertiary/aromatic N) is 2. The van der Waals surface area contributed by atoms with E-state index in [1.807, 2.05) is 42.1 Å². The van der Waals surface area contributed by atoms with Gasteiger partial charge in [-0.15, -0.1) is 0 Å². The molecule has 0 saturated carbocycles. The molecule has 1 aliphatic heterocycles. The van der Waals surface area contributed by atoms with Crippen molar-refractivity contribution in [2.75, 3.05) is 24.6 Å². The van der Waals surface area contributed by atoms with Gasteiger partial charge in [-0.3, -0.25) is 0 Å². The number of thioether (sulfide) groups is 1. The first-order valence-electron chi connectivity index (χ1n) is 7.33. The summed E-state index contributed by atoms with van der Waals surface area (Å²) < 4.78 is 2.36. The van der Waals surface area contributed by atoms with Crippen LogP contribution in [-0.4, -0.2) is 28.9 Å². The third kappa shape index (κ3) is 5.01. The van der Waals surface area contributed by atoms with E-state index in [1.54, 1.807) is 29.8 Å². The molecule has 7 heteroatoms. The Bertz CT molecular complexity index is 751. The molecule has 2 aromatic carbocycles. The van der Waals surface area contributed by atoms with E-state index in [9.17, 15) is 5.26 Å². The van der Waals surface area contributed by atoms with Crippen molar-refractivity contribution >= 4 is 58.7 Å². The van der Waals surface area contributed by atoms with Crippen molar-refractivity contribution in [2.45, 2.75) is 14.7 Å². The summed E-state index contributed by atoms with van der Waals surface area (Å²) in [6, 6.07) is 13.6. The Morgan fingerprint density at radius 2 is 1.71 bits per heavy atom. The zero-order valence-electron chi connectivity index (χ0n) is 12.7. The van der Waals surface area contributed by atoms with E-state index in [2.05, 4.69) is 10.4 Å². The summed E-state index contributed by atoms with van der Waals surface area (Å²) in [5, 5.41) is 10.5. The van der Waals surface area contributed by atoms with E-state index in [-0.39, 0.29) is 0 Å². The first-order chi connectivity index (χ1) is 11.6. The van der Waals surface area contributed by atoms with Crippen LogP contribution in [0.25, 0.3) is 0 Å². The SMILES string of the molecule is N#Cc1ccc(Sc2cc(Cl)cc(Cl)c2)c(SN2CCSCC2)c1. The molecule has 0 unspecified atom stereocenters. The molecule has 1 heterocycles. The minimum Gasteiger partial charge on any atom is -0.245 e. The van der Waals surface area contributed by atoms with Gasteiger partial charge in [0.25, 0.3) is 0 Å². The van der Waals surface area contributed by atoms with Crippen molar-refractivity contribution in [2.24, 2.45) is 0 Å². The zero-order chi connectivity index (χ0) is 16.9. The first-order valence-corrected chi connectivity index (χ1v) is 10.8. The number of rotatable bonds is 4. The highest BCUT2D eigenvalue weighted by atomic mass is 35.5. The van der Waals surface area contributed by atoms with Gasteiger partial charge in [0.1, 0.15) is 0 Å². The van der Waals surface area contributed by atoms with Gasteiger partial charge < -0.3 is 0 Å². The van der Waals surface area contributed by atoms with Crippen LogP contribution in [-0.2, 0) is 0 Å². The lowest BCUT2D eigenvalue weighted by molar-refractivity contribution is 0.521. The predicted molar refractivity (Wildman–Crippen MR) is 106 cm³/mol. The van der Waals surface area contributed by atoms with Gasteiger partial charge in [0, 0.05) is 49.3 Å². The van der Waals surface area contributed by atoms with Crippen molar-refractivity contribution in [3.63, 3.8) is 0 Å². The summed E-state index contributed by atoms with van der Waals surface area (Å²) in [6.07, 6.45) is 0. The lowest BCUT2D eigenvalue weighted by Crippen LogP contribution is -2.26. The highest BCUT2D eigenvalue weighted by Gasteiger charge is 2.15. The fourth-order valence-corrected chi connectivity index (χ4v) is 6.15. The smallest absolute Gasteiger partial charge is 0.0992 e. The van der Waals surface area contributed by atoms with Gasteiger partial charge in [0.15, 0.2) is 0 Å². The van der Waals surface area contributed by atoms with E-state index in [0.29, 0.717) is 15.6 Å². The number of benzene rings is 2. The molecular formula is C17H14Cl2N2S3. The standard InChI is InChI=1S/C17H14Cl2N2S3/c18-13-8-14(19)10-15(9-13)23-16-2-1-12(11-20)7-17(16)24-21-3-5-22-6-4-21/h1-2,7-10H,3-6H2. The summed E-state index contributed by atoms with van der Waals surface area (Å²) in [5.74, 6) is 2.30. The highest BCUT2D eigenvalue weighted by molar-refractivity contribution is 8.01. The largest absolute Gasteiger partial charge is 0.245 e. The zero-order valence-corrected chi connectivity index (χ0v) is 16.6. The molecule has 3 rings (SSSR count). The van der Waals surface area contributed by atoms with Crippen molar-refractivity contribution in [1.29, 1.82) is 5.26 Å². The molecule has 0 spiro atoms. The molecule has 124 valence electrons. The van der Waals surface area contributed by atoms with Crippen LogP contribution >= 0.6 is 58.7 Å². The van der Waals surface area contributed by atoms with E-state index in [4.69, 9.17) is 23.2 Å². The molecule has 0 N–H and O–H groups in total. The van der Waals surface area contributed by atoms with Gasteiger partial charge in [-0.2, -0.15) is 17.0 Å². The van der Waals surface area contributed by atoms with Gasteiger partial charge in [-0.25, -0.2) is 4.31 Å². The molecule has 0 bridgehead atoms. The Balaban J connectivity index is 1.86. The van der Waals surface area contributed by atoms with Crippen LogP contribution in [0.2, 0.25) is 10.0 Å². The second-order valence-corrected chi connectivity index (χ2v) is 9.46. The summed E-state index contributed by atoms with van der Waals surface area (Å²) in [5.41, 5.74) is 0.678. The Hall–Kier alpha value is -0.480. The van der Waals surface area contributed by atoms with E-state index in [1.165, 1.54) is 0 Å². The maximum absolute atomic E-state index is 9.20. The van der Waals surface area contributed by atoms with Gasteiger partial charge in [-0.05, 0) is 48.3 Å². The van der Waals surface area contributed by atoms with Gasteiger partial charge in [-0.1, -0.05) is 35.0 Å². The second kappa shape index (κ2) is 8.75. The molecule has 2 aromatic rings. The third-order valence-corrected chi connectivity index (χ3v) is 7.05. The fraction of sp³-hybridized carbons (Fsp3) is 0.235. The lowest BCUT2D eigenvalue weighted by atomic mass is 10.2. The van der Waals surface area contributed by atoms with E-state index < -0.39 is 0 Å². The van der Waals surface area contributed by atoms with Gasteiger partial charge in [0.2, 0.25) is 0 Å². The molecule has 0 aromatic heterocycles. The summed E-state index contributed by atoms with van der Waals surface area (Å²) in [6.45, 7) is 2.11. The minimum atomic E-state index is 0.626. The summed E-state index contributed by atoms with van der Waals surface area (Å²) in [4.78, 5) is 3.20. The molecule has 2 nitrogen and oxygen atoms in total. The van der Waals surface area contributed by atoms with Crippen molar-refractivity contribution in [3.8, 4) is 6.07 Å². The van der Waals surface area contributed by atoms with Crippen LogP contribution in [0.4, 0.5) is 0 Å². The first kappa shape index (κ1) is 18.3. The molecule has 24 heavy (non-hydrogen) atoms. The van der Waals surface area contributed by atoms with Crippen LogP contribution in [0, 0.1) is 11.3 Å². The maximum Gasteiger partial charge on any atom is 0.0992 e. The molecule has 1 fully saturated rings. The average molecular weight is 413 g/mol. The average Bonchev–Trinajstić information content (AvgIpc) is 2.56. The Morgan fingerprint density at radius 1 is 1.00 bits per heavy atom. The molecular weight excluding hydrogens is 399 g/mol. The van der Waals surface area contributed by atoms with E-state index >= 15 is 0 Å². The molecule has 1 saturated heterocycles. The van der Waals surface area contributed by atoms with Crippen molar-refractivity contribution < 1.29 is 0 Å². The molecule has 0 aliphatic carbocycles. The van der Waals surface area contributed by atoms with Crippen LogP contribution in [0.3, 0.4) is 0 Å². The number of hydrogen-bond acceptors (Lipinski definition) is 5. The van der Waals surface area contributed by atoms with Gasteiger partial charge >= 0.3 is 0 Å². The monoisotopic (exact) mass is 412 g/mol. The summed E-state index contributed by atoms with van der Waals surface area (Å²) >= 11 is 17.5. The minimum absolute atomic E-state index is 0.626. The van der Waals surface area contributed by atoms with E-state index in [0.717, 1.165) is 39.3 Å². The number of hydrogen-bond donors (Lipinski definition) is 0. The van der Waals surface area contributed by atoms with Gasteiger partial charge in [0.05, 0.1) is 11.6 Å². The second-order valence-electron chi connectivity index (χ2n) is 5.11. The maximum atomic E-state index is 9.20. The Labute approximate surface area is 165 Å². The van der Waals surface area contributed by atoms with Crippen LogP contribution in [0.15, 0.2) is 51.1 Å². The highest BCUT2D eigenvalue weighted by Crippen LogP contribution is 2.39. The Morgan fingerprint density at radius 3 is 2.38 bits per heavy atom. The van der Waals surface area contributed by atoms with Crippen LogP contribution < -0.4 is 0 Å². The van der Waals surface area contributed by atoms with Crippen LogP contribution in [0.1, 0.15) is 5.56 Å². The fourth-order valence-electron chi connectivity index (χ4n) is 2.22. The lowest BCUT2D eigenvalue weighted by Gasteiger charge is -2.25. The Kier molecular flexibility index (Phi) is 6.68. The quantitative estimate of drug-likeness (QED) is 0.567. The molecule has 0 atom stereocenters. The predicted octanol–water partition coefficient (Wildman–Crippen LogP) is 6.07. The van der Waals surface area contributed by atoms with Crippen molar-refractivity contribution in [3.05, 3.63) is 52.0 Å². The summed E-state index contributed by atoms with van der Waals surface area (Å²) in [7, 11) is 0.